The Bertz CT molecular complexity index is 379. The summed E-state index contributed by atoms with van der Waals surface area (Å²) in [5.41, 5.74) is 0.0401. The van der Waals surface area contributed by atoms with Gasteiger partial charge in [0.2, 0.25) is 0 Å². The van der Waals surface area contributed by atoms with Crippen LogP contribution in [0, 0.1) is 0 Å². The molecule has 1 saturated heterocycles. The van der Waals surface area contributed by atoms with E-state index in [1.54, 1.807) is 6.20 Å². The molecule has 4 nitrogen and oxygen atoms in total. The Kier molecular flexibility index (Phi) is 3.24. The molecule has 2 heterocycles. The number of nitrogens with one attached hydrogen (secondary N) is 1. The third-order valence-electron chi connectivity index (χ3n) is 3.56. The molecule has 1 aliphatic rings. The van der Waals surface area contributed by atoms with E-state index in [1.807, 2.05) is 11.6 Å². The summed E-state index contributed by atoms with van der Waals surface area (Å²) < 4.78 is 7.46. The summed E-state index contributed by atoms with van der Waals surface area (Å²) >= 11 is 5.94. The van der Waals surface area contributed by atoms with Gasteiger partial charge in [0.25, 0.3) is 0 Å². The van der Waals surface area contributed by atoms with Crippen molar-refractivity contribution in [1.82, 2.24) is 14.9 Å². The van der Waals surface area contributed by atoms with Crippen LogP contribution < -0.4 is 5.32 Å². The number of rotatable bonds is 3. The monoisotopic (exact) mass is 243 g/mol. The smallest absolute Gasteiger partial charge is 0.128 e. The van der Waals surface area contributed by atoms with Crippen LogP contribution in [0.15, 0.2) is 6.20 Å². The van der Waals surface area contributed by atoms with E-state index in [9.17, 15) is 0 Å². The average molecular weight is 244 g/mol. The van der Waals surface area contributed by atoms with Crippen LogP contribution in [0.5, 0.6) is 0 Å². The molecule has 0 spiro atoms. The van der Waals surface area contributed by atoms with Crippen molar-refractivity contribution in [3.05, 3.63) is 17.2 Å². The molecule has 0 aliphatic carbocycles. The largest absolute Gasteiger partial charge is 0.377 e. The molecule has 16 heavy (non-hydrogen) atoms. The minimum absolute atomic E-state index is 0.0401. The standard InChI is InChI=1S/C11H18ClN3O/c1-8-11(2,4-5-16-8)14-7-10-13-6-9(12)15(10)3/h6,8,14H,4-5,7H2,1-3H3. The van der Waals surface area contributed by atoms with Crippen LogP contribution >= 0.6 is 11.6 Å². The molecular formula is C11H18ClN3O. The Morgan fingerprint density at radius 2 is 2.50 bits per heavy atom. The summed E-state index contributed by atoms with van der Waals surface area (Å²) in [5.74, 6) is 0.949. The third-order valence-corrected chi connectivity index (χ3v) is 3.92. The predicted molar refractivity (Wildman–Crippen MR) is 63.5 cm³/mol. The minimum atomic E-state index is 0.0401. The first kappa shape index (κ1) is 11.9. The number of imidazole rings is 1. The number of nitrogens with zero attached hydrogens (tertiary/aromatic N) is 2. The fourth-order valence-corrected chi connectivity index (χ4v) is 2.08. The summed E-state index contributed by atoms with van der Waals surface area (Å²) in [6.45, 7) is 5.83. The van der Waals surface area contributed by atoms with Gasteiger partial charge in [-0.1, -0.05) is 11.6 Å². The molecule has 2 rings (SSSR count). The van der Waals surface area contributed by atoms with Gasteiger partial charge in [0, 0.05) is 19.2 Å². The van der Waals surface area contributed by atoms with Gasteiger partial charge in [-0.2, -0.15) is 0 Å². The number of ether oxygens (including phenoxy) is 1. The Morgan fingerprint density at radius 3 is 3.00 bits per heavy atom. The highest BCUT2D eigenvalue weighted by atomic mass is 35.5. The zero-order chi connectivity index (χ0) is 11.8. The van der Waals surface area contributed by atoms with Crippen molar-refractivity contribution in [2.24, 2.45) is 7.05 Å². The van der Waals surface area contributed by atoms with E-state index in [0.717, 1.165) is 18.9 Å². The van der Waals surface area contributed by atoms with Crippen molar-refractivity contribution in [3.63, 3.8) is 0 Å². The molecule has 5 heteroatoms. The van der Waals surface area contributed by atoms with Crippen molar-refractivity contribution in [2.75, 3.05) is 6.61 Å². The molecule has 90 valence electrons. The van der Waals surface area contributed by atoms with Crippen LogP contribution in [0.2, 0.25) is 5.15 Å². The SMILES string of the molecule is CC1OCCC1(C)NCc1ncc(Cl)n1C. The molecule has 0 bridgehead atoms. The number of halogens is 1. The van der Waals surface area contributed by atoms with Crippen LogP contribution in [-0.2, 0) is 18.3 Å². The second-order valence-corrected chi connectivity index (χ2v) is 4.98. The van der Waals surface area contributed by atoms with Gasteiger partial charge in [0.15, 0.2) is 0 Å². The molecule has 0 aromatic carbocycles. The lowest BCUT2D eigenvalue weighted by atomic mass is 9.95. The lowest BCUT2D eigenvalue weighted by Gasteiger charge is -2.28. The summed E-state index contributed by atoms with van der Waals surface area (Å²) in [4.78, 5) is 4.26. The van der Waals surface area contributed by atoms with E-state index >= 15 is 0 Å². The molecule has 1 aromatic rings. The highest BCUT2D eigenvalue weighted by Crippen LogP contribution is 2.25. The van der Waals surface area contributed by atoms with Crippen molar-refractivity contribution in [3.8, 4) is 0 Å². The Morgan fingerprint density at radius 1 is 1.75 bits per heavy atom. The first-order chi connectivity index (χ1) is 7.53. The van der Waals surface area contributed by atoms with Gasteiger partial charge < -0.3 is 14.6 Å². The molecule has 0 saturated carbocycles. The number of hydrogen-bond donors (Lipinski definition) is 1. The van der Waals surface area contributed by atoms with Crippen molar-refractivity contribution >= 4 is 11.6 Å². The molecular weight excluding hydrogens is 226 g/mol. The van der Waals surface area contributed by atoms with Crippen molar-refractivity contribution in [2.45, 2.75) is 38.5 Å². The van der Waals surface area contributed by atoms with Gasteiger partial charge >= 0.3 is 0 Å². The highest BCUT2D eigenvalue weighted by Gasteiger charge is 2.36. The van der Waals surface area contributed by atoms with Gasteiger partial charge in [0.1, 0.15) is 11.0 Å². The lowest BCUT2D eigenvalue weighted by molar-refractivity contribution is 0.0878. The minimum Gasteiger partial charge on any atom is -0.377 e. The third kappa shape index (κ3) is 2.10. The zero-order valence-electron chi connectivity index (χ0n) is 9.96. The molecule has 0 radical (unpaired) electrons. The second-order valence-electron chi connectivity index (χ2n) is 4.59. The molecule has 1 aromatic heterocycles. The second kappa shape index (κ2) is 4.35. The predicted octanol–water partition coefficient (Wildman–Crippen LogP) is 1.73. The van der Waals surface area contributed by atoms with E-state index in [-0.39, 0.29) is 11.6 Å². The molecule has 1 fully saturated rings. The molecule has 2 atom stereocenters. The van der Waals surface area contributed by atoms with E-state index < -0.39 is 0 Å². The van der Waals surface area contributed by atoms with Crippen LogP contribution in [0.3, 0.4) is 0 Å². The first-order valence-corrected chi connectivity index (χ1v) is 5.93. The van der Waals surface area contributed by atoms with Crippen molar-refractivity contribution < 1.29 is 4.74 Å². The molecule has 0 amide bonds. The first-order valence-electron chi connectivity index (χ1n) is 5.55. The topological polar surface area (TPSA) is 39.1 Å². The van der Waals surface area contributed by atoms with Crippen LogP contribution in [0.4, 0.5) is 0 Å². The molecule has 2 unspecified atom stereocenters. The van der Waals surface area contributed by atoms with Crippen LogP contribution in [0.25, 0.3) is 0 Å². The van der Waals surface area contributed by atoms with E-state index in [0.29, 0.717) is 11.7 Å². The highest BCUT2D eigenvalue weighted by molar-refractivity contribution is 6.29. The molecule has 1 aliphatic heterocycles. The van der Waals surface area contributed by atoms with Crippen LogP contribution in [0.1, 0.15) is 26.1 Å². The maximum Gasteiger partial charge on any atom is 0.128 e. The normalized spacial score (nSPS) is 29.9. The summed E-state index contributed by atoms with van der Waals surface area (Å²) in [5, 5.41) is 4.18. The van der Waals surface area contributed by atoms with Gasteiger partial charge in [-0.15, -0.1) is 0 Å². The Hall–Kier alpha value is -0.580. The van der Waals surface area contributed by atoms with E-state index in [1.165, 1.54) is 0 Å². The zero-order valence-corrected chi connectivity index (χ0v) is 10.7. The van der Waals surface area contributed by atoms with Crippen LogP contribution in [-0.4, -0.2) is 27.8 Å². The summed E-state index contributed by atoms with van der Waals surface area (Å²) in [6.07, 6.45) is 2.95. The molecule has 1 N–H and O–H groups in total. The maximum absolute atomic E-state index is 5.94. The summed E-state index contributed by atoms with van der Waals surface area (Å²) in [6, 6.07) is 0. The van der Waals surface area contributed by atoms with Gasteiger partial charge in [0.05, 0.1) is 18.8 Å². The number of hydrogen-bond acceptors (Lipinski definition) is 3. The van der Waals surface area contributed by atoms with E-state index in [4.69, 9.17) is 16.3 Å². The fraction of sp³-hybridized carbons (Fsp3) is 0.727. The average Bonchev–Trinajstić information content (AvgIpc) is 2.73. The quantitative estimate of drug-likeness (QED) is 0.879. The summed E-state index contributed by atoms with van der Waals surface area (Å²) in [7, 11) is 1.92. The Balaban J connectivity index is 1.99. The lowest BCUT2D eigenvalue weighted by Crippen LogP contribution is -2.47. The van der Waals surface area contributed by atoms with E-state index in [2.05, 4.69) is 24.1 Å². The fourth-order valence-electron chi connectivity index (χ4n) is 1.94. The maximum atomic E-state index is 5.94. The number of aromatic nitrogens is 2. The van der Waals surface area contributed by atoms with Crippen molar-refractivity contribution in [1.29, 1.82) is 0 Å². The Labute approximate surface area is 101 Å². The van der Waals surface area contributed by atoms with Gasteiger partial charge in [-0.3, -0.25) is 0 Å². The van der Waals surface area contributed by atoms with Gasteiger partial charge in [-0.05, 0) is 20.3 Å². The van der Waals surface area contributed by atoms with Gasteiger partial charge in [-0.25, -0.2) is 4.98 Å².